The summed E-state index contributed by atoms with van der Waals surface area (Å²) in [5.41, 5.74) is 7.39. The molecule has 1 fully saturated rings. The zero-order valence-corrected chi connectivity index (χ0v) is 14.6. The van der Waals surface area contributed by atoms with Crippen LogP contribution in [0.2, 0.25) is 5.02 Å². The van der Waals surface area contributed by atoms with E-state index in [-0.39, 0.29) is 18.3 Å². The molecule has 1 aliphatic heterocycles. The van der Waals surface area contributed by atoms with Gasteiger partial charge in [0.25, 0.3) is 0 Å². The molecule has 1 unspecified atom stereocenters. The molecule has 1 aromatic rings. The molecule has 4 nitrogen and oxygen atoms in total. The first-order chi connectivity index (χ1) is 10.1. The van der Waals surface area contributed by atoms with Crippen LogP contribution in [0.4, 0.5) is 5.69 Å². The summed E-state index contributed by atoms with van der Waals surface area (Å²) in [6, 6.07) is 5.59. The van der Waals surface area contributed by atoms with Crippen LogP contribution in [-0.4, -0.2) is 37.0 Å². The Morgan fingerprint density at radius 2 is 2.27 bits per heavy atom. The van der Waals surface area contributed by atoms with Gasteiger partial charge in [-0.3, -0.25) is 9.69 Å². The number of anilines is 1. The maximum absolute atomic E-state index is 12.1. The summed E-state index contributed by atoms with van der Waals surface area (Å²) in [7, 11) is 0. The fourth-order valence-electron chi connectivity index (χ4n) is 2.84. The Morgan fingerprint density at radius 1 is 1.50 bits per heavy atom. The standard InChI is InChI=1S/C16H24ClN3O.ClH/c1-12-4-5-14(9-15(12)17)19-16(21)11-20-8-2-3-13(10-20)6-7-18;/h4-5,9,13H,2-3,6-8,10-11,18H2,1H3,(H,19,21);1H. The molecule has 1 aromatic carbocycles. The van der Waals surface area contributed by atoms with E-state index in [2.05, 4.69) is 10.2 Å². The van der Waals surface area contributed by atoms with Crippen LogP contribution in [-0.2, 0) is 4.79 Å². The third kappa shape index (κ3) is 5.76. The Labute approximate surface area is 143 Å². The van der Waals surface area contributed by atoms with Gasteiger partial charge in [-0.25, -0.2) is 0 Å². The molecule has 6 heteroatoms. The molecule has 2 rings (SSSR count). The number of piperidine rings is 1. The molecule has 0 aliphatic carbocycles. The van der Waals surface area contributed by atoms with Gasteiger partial charge >= 0.3 is 0 Å². The summed E-state index contributed by atoms with van der Waals surface area (Å²) in [6.07, 6.45) is 3.42. The van der Waals surface area contributed by atoms with Crippen LogP contribution in [0.1, 0.15) is 24.8 Å². The minimum atomic E-state index is 0. The lowest BCUT2D eigenvalue weighted by Gasteiger charge is -2.32. The van der Waals surface area contributed by atoms with Crippen molar-refractivity contribution >= 4 is 35.6 Å². The van der Waals surface area contributed by atoms with Crippen molar-refractivity contribution in [1.82, 2.24) is 4.90 Å². The van der Waals surface area contributed by atoms with Gasteiger partial charge in [0.05, 0.1) is 6.54 Å². The number of nitrogens with one attached hydrogen (secondary N) is 1. The van der Waals surface area contributed by atoms with Gasteiger partial charge in [-0.2, -0.15) is 0 Å². The van der Waals surface area contributed by atoms with E-state index in [1.807, 2.05) is 19.1 Å². The van der Waals surface area contributed by atoms with Gasteiger partial charge < -0.3 is 11.1 Å². The van der Waals surface area contributed by atoms with Crippen molar-refractivity contribution in [1.29, 1.82) is 0 Å². The summed E-state index contributed by atoms with van der Waals surface area (Å²) in [5.74, 6) is 0.647. The summed E-state index contributed by atoms with van der Waals surface area (Å²) in [5, 5.41) is 3.59. The first kappa shape index (κ1) is 19.2. The first-order valence-electron chi connectivity index (χ1n) is 7.57. The fourth-order valence-corrected chi connectivity index (χ4v) is 3.02. The lowest BCUT2D eigenvalue weighted by Crippen LogP contribution is -2.40. The van der Waals surface area contributed by atoms with Crippen LogP contribution >= 0.6 is 24.0 Å². The topological polar surface area (TPSA) is 58.4 Å². The van der Waals surface area contributed by atoms with E-state index in [4.69, 9.17) is 17.3 Å². The average Bonchev–Trinajstić information content (AvgIpc) is 2.43. The van der Waals surface area contributed by atoms with Gasteiger partial charge in [0.15, 0.2) is 0 Å². The van der Waals surface area contributed by atoms with Crippen LogP contribution in [0.5, 0.6) is 0 Å². The predicted molar refractivity (Wildman–Crippen MR) is 94.9 cm³/mol. The number of likely N-dealkylation sites (tertiary alicyclic amines) is 1. The van der Waals surface area contributed by atoms with Crippen molar-refractivity contribution in [2.45, 2.75) is 26.2 Å². The van der Waals surface area contributed by atoms with E-state index >= 15 is 0 Å². The van der Waals surface area contributed by atoms with E-state index in [1.54, 1.807) is 6.07 Å². The maximum Gasteiger partial charge on any atom is 0.238 e. The van der Waals surface area contributed by atoms with Gasteiger partial charge in [0.2, 0.25) is 5.91 Å². The second-order valence-corrected chi connectivity index (χ2v) is 6.24. The van der Waals surface area contributed by atoms with Gasteiger partial charge in [0, 0.05) is 17.3 Å². The third-order valence-electron chi connectivity index (χ3n) is 4.00. The molecule has 0 radical (unpaired) electrons. The molecular formula is C16H25Cl2N3O. The fraction of sp³-hybridized carbons (Fsp3) is 0.562. The number of halogens is 2. The van der Waals surface area contributed by atoms with Crippen molar-refractivity contribution in [2.75, 3.05) is 31.5 Å². The van der Waals surface area contributed by atoms with Crippen molar-refractivity contribution in [3.8, 4) is 0 Å². The molecule has 0 aromatic heterocycles. The highest BCUT2D eigenvalue weighted by molar-refractivity contribution is 6.31. The van der Waals surface area contributed by atoms with Gasteiger partial charge in [-0.1, -0.05) is 17.7 Å². The Morgan fingerprint density at radius 3 is 2.95 bits per heavy atom. The molecule has 22 heavy (non-hydrogen) atoms. The van der Waals surface area contributed by atoms with Crippen molar-refractivity contribution in [3.05, 3.63) is 28.8 Å². The zero-order valence-electron chi connectivity index (χ0n) is 13.0. The normalized spacial score (nSPS) is 18.6. The smallest absolute Gasteiger partial charge is 0.238 e. The number of nitrogens with two attached hydrogens (primary N) is 1. The quantitative estimate of drug-likeness (QED) is 0.862. The molecular weight excluding hydrogens is 321 g/mol. The van der Waals surface area contributed by atoms with E-state index < -0.39 is 0 Å². The first-order valence-corrected chi connectivity index (χ1v) is 7.94. The average molecular weight is 346 g/mol. The summed E-state index contributed by atoms with van der Waals surface area (Å²) < 4.78 is 0. The van der Waals surface area contributed by atoms with Crippen molar-refractivity contribution in [3.63, 3.8) is 0 Å². The third-order valence-corrected chi connectivity index (χ3v) is 4.41. The molecule has 3 N–H and O–H groups in total. The molecule has 1 saturated heterocycles. The predicted octanol–water partition coefficient (Wildman–Crippen LogP) is 3.07. The van der Waals surface area contributed by atoms with Gasteiger partial charge in [0.1, 0.15) is 0 Å². The minimum Gasteiger partial charge on any atom is -0.330 e. The molecule has 124 valence electrons. The molecule has 1 amide bonds. The van der Waals surface area contributed by atoms with E-state index in [9.17, 15) is 4.79 Å². The highest BCUT2D eigenvalue weighted by Crippen LogP contribution is 2.21. The SMILES string of the molecule is Cc1ccc(NC(=O)CN2CCCC(CCN)C2)cc1Cl.Cl. The Balaban J connectivity index is 0.00000242. The van der Waals surface area contributed by atoms with Crippen LogP contribution in [0.25, 0.3) is 0 Å². The molecule has 1 atom stereocenters. The van der Waals surface area contributed by atoms with E-state index in [1.165, 1.54) is 6.42 Å². The number of amides is 1. The van der Waals surface area contributed by atoms with Crippen molar-refractivity contribution in [2.24, 2.45) is 11.7 Å². The molecule has 0 saturated carbocycles. The molecule has 1 heterocycles. The number of carbonyl (C=O) groups is 1. The summed E-state index contributed by atoms with van der Waals surface area (Å²) in [4.78, 5) is 14.3. The number of hydrogen-bond acceptors (Lipinski definition) is 3. The van der Waals surface area contributed by atoms with E-state index in [0.717, 1.165) is 43.7 Å². The largest absolute Gasteiger partial charge is 0.330 e. The second kappa shape index (κ2) is 9.36. The Bertz CT molecular complexity index is 494. The maximum atomic E-state index is 12.1. The van der Waals surface area contributed by atoms with Crippen molar-refractivity contribution < 1.29 is 4.79 Å². The molecule has 1 aliphatic rings. The van der Waals surface area contributed by atoms with Gasteiger partial charge in [-0.15, -0.1) is 12.4 Å². The Kier molecular flexibility index (Phi) is 8.18. The highest BCUT2D eigenvalue weighted by atomic mass is 35.5. The second-order valence-electron chi connectivity index (χ2n) is 5.83. The van der Waals surface area contributed by atoms with Crippen LogP contribution in [0, 0.1) is 12.8 Å². The summed E-state index contributed by atoms with van der Waals surface area (Å²) >= 11 is 6.07. The van der Waals surface area contributed by atoms with Crippen LogP contribution in [0.15, 0.2) is 18.2 Å². The minimum absolute atomic E-state index is 0. The van der Waals surface area contributed by atoms with Gasteiger partial charge in [-0.05, 0) is 62.9 Å². The zero-order chi connectivity index (χ0) is 15.2. The molecule has 0 bridgehead atoms. The number of nitrogens with zero attached hydrogens (tertiary/aromatic N) is 1. The van der Waals surface area contributed by atoms with E-state index in [0.29, 0.717) is 17.5 Å². The Hall–Kier alpha value is -0.810. The lowest BCUT2D eigenvalue weighted by molar-refractivity contribution is -0.117. The highest BCUT2D eigenvalue weighted by Gasteiger charge is 2.21. The number of rotatable bonds is 5. The molecule has 0 spiro atoms. The number of benzene rings is 1. The number of aryl methyl sites for hydroxylation is 1. The van der Waals surface area contributed by atoms with Crippen LogP contribution < -0.4 is 11.1 Å². The number of carbonyl (C=O) groups excluding carboxylic acids is 1. The summed E-state index contributed by atoms with van der Waals surface area (Å²) in [6.45, 7) is 5.07. The van der Waals surface area contributed by atoms with Crippen LogP contribution in [0.3, 0.4) is 0 Å². The lowest BCUT2D eigenvalue weighted by atomic mass is 9.95. The monoisotopic (exact) mass is 345 g/mol. The number of hydrogen-bond donors (Lipinski definition) is 2.